The third kappa shape index (κ3) is 5.67. The molecule has 2 aromatic rings. The van der Waals surface area contributed by atoms with Crippen molar-refractivity contribution in [1.82, 2.24) is 4.90 Å². The van der Waals surface area contributed by atoms with Crippen LogP contribution in [0.2, 0.25) is 5.02 Å². The lowest BCUT2D eigenvalue weighted by atomic mass is 10.2. The molecule has 0 aliphatic rings. The minimum absolute atomic E-state index is 0.0697. The van der Waals surface area contributed by atoms with Crippen molar-refractivity contribution in [3.63, 3.8) is 0 Å². The largest absolute Gasteiger partial charge is 0.329 e. The molecule has 0 bridgehead atoms. The Kier molecular flexibility index (Phi) is 6.59. The van der Waals surface area contributed by atoms with Crippen LogP contribution in [-0.2, 0) is 11.3 Å². The third-order valence-electron chi connectivity index (χ3n) is 3.54. The second-order valence-corrected chi connectivity index (χ2v) is 5.93. The Morgan fingerprint density at radius 3 is 2.65 bits per heavy atom. The van der Waals surface area contributed by atoms with E-state index in [4.69, 9.17) is 17.3 Å². The molecule has 0 aliphatic heterocycles. The number of aryl methyl sites for hydroxylation is 1. The van der Waals surface area contributed by atoms with Crippen LogP contribution in [0.1, 0.15) is 11.1 Å². The van der Waals surface area contributed by atoms with Crippen LogP contribution in [-0.4, -0.2) is 30.4 Å². The first-order valence-electron chi connectivity index (χ1n) is 7.61. The van der Waals surface area contributed by atoms with Gasteiger partial charge in [-0.05, 0) is 30.2 Å². The molecule has 4 nitrogen and oxygen atoms in total. The van der Waals surface area contributed by atoms with Gasteiger partial charge in [0.15, 0.2) is 0 Å². The Labute approximate surface area is 142 Å². The van der Waals surface area contributed by atoms with E-state index in [1.54, 1.807) is 6.07 Å². The molecule has 122 valence electrons. The Morgan fingerprint density at radius 2 is 1.96 bits per heavy atom. The third-order valence-corrected chi connectivity index (χ3v) is 3.77. The van der Waals surface area contributed by atoms with Gasteiger partial charge in [-0.1, -0.05) is 48.0 Å². The Hall–Kier alpha value is -1.88. The molecule has 0 spiro atoms. The number of nitrogens with zero attached hydrogens (tertiary/aromatic N) is 1. The van der Waals surface area contributed by atoms with Gasteiger partial charge in [0, 0.05) is 30.3 Å². The maximum atomic E-state index is 12.3. The van der Waals surface area contributed by atoms with E-state index in [9.17, 15) is 4.79 Å². The Morgan fingerprint density at radius 1 is 1.22 bits per heavy atom. The average Bonchev–Trinajstić information content (AvgIpc) is 2.52. The molecular formula is C18H22ClN3O. The van der Waals surface area contributed by atoms with Crippen molar-refractivity contribution in [3.8, 4) is 0 Å². The fraction of sp³-hybridized carbons (Fsp3) is 0.278. The number of nitrogens with one attached hydrogen (secondary N) is 1. The lowest BCUT2D eigenvalue weighted by Crippen LogP contribution is -2.36. The quantitative estimate of drug-likeness (QED) is 0.819. The number of hydrogen-bond donors (Lipinski definition) is 2. The van der Waals surface area contributed by atoms with Gasteiger partial charge >= 0.3 is 0 Å². The molecule has 2 aromatic carbocycles. The smallest absolute Gasteiger partial charge is 0.238 e. The number of anilines is 1. The zero-order chi connectivity index (χ0) is 16.7. The Balaban J connectivity index is 1.98. The molecule has 0 radical (unpaired) electrons. The second kappa shape index (κ2) is 8.67. The SMILES string of the molecule is Cc1ccc(Cl)cc1NC(=O)CN(CCN)Cc1ccccc1. The van der Waals surface area contributed by atoms with E-state index in [0.29, 0.717) is 24.7 Å². The predicted molar refractivity (Wildman–Crippen MR) is 95.6 cm³/mol. The van der Waals surface area contributed by atoms with Crippen molar-refractivity contribution in [2.24, 2.45) is 5.73 Å². The summed E-state index contributed by atoms with van der Waals surface area (Å²) in [6, 6.07) is 15.5. The summed E-state index contributed by atoms with van der Waals surface area (Å²) in [4.78, 5) is 14.3. The fourth-order valence-electron chi connectivity index (χ4n) is 2.36. The van der Waals surface area contributed by atoms with Gasteiger partial charge in [-0.25, -0.2) is 0 Å². The normalized spacial score (nSPS) is 10.8. The summed E-state index contributed by atoms with van der Waals surface area (Å²) in [5, 5.41) is 3.53. The van der Waals surface area contributed by atoms with E-state index < -0.39 is 0 Å². The van der Waals surface area contributed by atoms with Gasteiger partial charge in [-0.2, -0.15) is 0 Å². The molecule has 2 rings (SSSR count). The highest BCUT2D eigenvalue weighted by atomic mass is 35.5. The van der Waals surface area contributed by atoms with Crippen LogP contribution in [0.4, 0.5) is 5.69 Å². The molecule has 0 aromatic heterocycles. The van der Waals surface area contributed by atoms with Gasteiger partial charge in [0.25, 0.3) is 0 Å². The van der Waals surface area contributed by atoms with Gasteiger partial charge < -0.3 is 11.1 Å². The number of hydrogen-bond acceptors (Lipinski definition) is 3. The van der Waals surface area contributed by atoms with Crippen molar-refractivity contribution >= 4 is 23.2 Å². The van der Waals surface area contributed by atoms with Gasteiger partial charge in [0.2, 0.25) is 5.91 Å². The summed E-state index contributed by atoms with van der Waals surface area (Å²) in [6.45, 7) is 4.10. The molecule has 0 saturated carbocycles. The van der Waals surface area contributed by atoms with E-state index in [2.05, 4.69) is 5.32 Å². The van der Waals surface area contributed by atoms with Gasteiger partial charge in [0.05, 0.1) is 6.54 Å². The van der Waals surface area contributed by atoms with E-state index in [-0.39, 0.29) is 12.5 Å². The van der Waals surface area contributed by atoms with Crippen molar-refractivity contribution in [1.29, 1.82) is 0 Å². The van der Waals surface area contributed by atoms with Gasteiger partial charge in [0.1, 0.15) is 0 Å². The van der Waals surface area contributed by atoms with Gasteiger partial charge in [-0.3, -0.25) is 9.69 Å². The molecule has 0 aliphatic carbocycles. The predicted octanol–water partition coefficient (Wildman–Crippen LogP) is 3.05. The highest BCUT2D eigenvalue weighted by Crippen LogP contribution is 2.20. The number of benzene rings is 2. The van der Waals surface area contributed by atoms with Crippen LogP contribution in [0, 0.1) is 6.92 Å². The molecular weight excluding hydrogens is 310 g/mol. The average molecular weight is 332 g/mol. The number of halogens is 1. The van der Waals surface area contributed by atoms with Crippen LogP contribution in [0.3, 0.4) is 0 Å². The lowest BCUT2D eigenvalue weighted by Gasteiger charge is -2.21. The van der Waals surface area contributed by atoms with Crippen molar-refractivity contribution < 1.29 is 4.79 Å². The van der Waals surface area contributed by atoms with Crippen molar-refractivity contribution in [2.75, 3.05) is 25.0 Å². The minimum atomic E-state index is -0.0697. The lowest BCUT2D eigenvalue weighted by molar-refractivity contribution is -0.117. The van der Waals surface area contributed by atoms with E-state index in [1.807, 2.05) is 54.3 Å². The fourth-order valence-corrected chi connectivity index (χ4v) is 2.53. The topological polar surface area (TPSA) is 58.4 Å². The molecule has 23 heavy (non-hydrogen) atoms. The number of rotatable bonds is 7. The summed E-state index contributed by atoms with van der Waals surface area (Å²) >= 11 is 5.98. The number of carbonyl (C=O) groups excluding carboxylic acids is 1. The monoisotopic (exact) mass is 331 g/mol. The molecule has 0 atom stereocenters. The van der Waals surface area contributed by atoms with Gasteiger partial charge in [-0.15, -0.1) is 0 Å². The minimum Gasteiger partial charge on any atom is -0.329 e. The first-order chi connectivity index (χ1) is 11.1. The van der Waals surface area contributed by atoms with E-state index in [0.717, 1.165) is 16.8 Å². The first-order valence-corrected chi connectivity index (χ1v) is 7.98. The maximum absolute atomic E-state index is 12.3. The summed E-state index contributed by atoms with van der Waals surface area (Å²) in [5.74, 6) is -0.0697. The molecule has 3 N–H and O–H groups in total. The first kappa shape index (κ1) is 17.5. The van der Waals surface area contributed by atoms with Crippen LogP contribution in [0.15, 0.2) is 48.5 Å². The van der Waals surface area contributed by atoms with Crippen LogP contribution in [0.25, 0.3) is 0 Å². The van der Waals surface area contributed by atoms with Crippen molar-refractivity contribution in [2.45, 2.75) is 13.5 Å². The molecule has 0 fully saturated rings. The summed E-state index contributed by atoms with van der Waals surface area (Å²) in [5.41, 5.74) is 8.55. The van der Waals surface area contributed by atoms with Crippen molar-refractivity contribution in [3.05, 3.63) is 64.7 Å². The van der Waals surface area contributed by atoms with Crippen LogP contribution in [0.5, 0.6) is 0 Å². The zero-order valence-electron chi connectivity index (χ0n) is 13.3. The summed E-state index contributed by atoms with van der Waals surface area (Å²) < 4.78 is 0. The zero-order valence-corrected chi connectivity index (χ0v) is 14.0. The molecule has 0 heterocycles. The van der Waals surface area contributed by atoms with Crippen LogP contribution < -0.4 is 11.1 Å². The van der Waals surface area contributed by atoms with E-state index >= 15 is 0 Å². The van der Waals surface area contributed by atoms with Crippen LogP contribution >= 0.6 is 11.6 Å². The second-order valence-electron chi connectivity index (χ2n) is 5.49. The maximum Gasteiger partial charge on any atom is 0.238 e. The molecule has 0 unspecified atom stereocenters. The number of amides is 1. The molecule has 5 heteroatoms. The number of nitrogens with two attached hydrogens (primary N) is 1. The summed E-state index contributed by atoms with van der Waals surface area (Å²) in [7, 11) is 0. The molecule has 0 saturated heterocycles. The Bertz CT molecular complexity index is 646. The highest BCUT2D eigenvalue weighted by molar-refractivity contribution is 6.31. The molecule has 1 amide bonds. The summed E-state index contributed by atoms with van der Waals surface area (Å²) in [6.07, 6.45) is 0. The van der Waals surface area contributed by atoms with E-state index in [1.165, 1.54) is 0 Å². The number of carbonyl (C=O) groups is 1. The standard InChI is InChI=1S/C18H22ClN3O/c1-14-7-8-16(19)11-17(14)21-18(23)13-22(10-9-20)12-15-5-3-2-4-6-15/h2-8,11H,9-10,12-13,20H2,1H3,(H,21,23). The highest BCUT2D eigenvalue weighted by Gasteiger charge is 2.12.